The summed E-state index contributed by atoms with van der Waals surface area (Å²) in [7, 11) is -10.1. The van der Waals surface area contributed by atoms with Crippen LogP contribution in [0.3, 0.4) is 0 Å². The molecule has 0 nitrogen and oxygen atoms in total. The zero-order valence-corrected chi connectivity index (χ0v) is 109. The average molecular weight is 5460 g/mol. The minimum absolute atomic E-state index is 0.388. The minimum atomic E-state index is -0.550. The Kier molecular flexibility index (Phi) is 77.9. The van der Waals surface area contributed by atoms with Gasteiger partial charge in [-0.05, 0) is 0 Å². The van der Waals surface area contributed by atoms with Crippen molar-refractivity contribution in [1.29, 1.82) is 0 Å². The molecule has 0 aromatic heterocycles. The van der Waals surface area contributed by atoms with Crippen molar-refractivity contribution < 1.29 is 13.3 Å². The SMILES string of the molecule is I[I-]I(I)I(I)I(I)I(I)I(I)I(I)I(I)I(I)I(I)I(I)I(I)I(I)I(I)I(I)I(I)I(I)I(I)I(I)I(I)I(I)I. The monoisotopic (exact) mass is 5460 g/mol. The van der Waals surface area contributed by atoms with Crippen LogP contribution in [0.4, 0.5) is 0 Å². The second-order valence-electron chi connectivity index (χ2n) is 3.29. The molecule has 0 aromatic carbocycles. The molecule has 0 N–H and O–H groups in total. The van der Waals surface area contributed by atoms with Crippen LogP contribution in [0.15, 0.2) is 0 Å². The van der Waals surface area contributed by atoms with Gasteiger partial charge >= 0.3 is 581 Å². The van der Waals surface area contributed by atoms with Crippen LogP contribution >= 0.6 is 567 Å². The molecule has 43 heavy (non-hydrogen) atoms. The van der Waals surface area contributed by atoms with Crippen molar-refractivity contribution in [2.45, 2.75) is 0 Å². The van der Waals surface area contributed by atoms with Gasteiger partial charge in [0.05, 0.1) is 0 Å². The van der Waals surface area contributed by atoms with E-state index in [0.717, 1.165) is 0 Å². The molecule has 0 unspecified atom stereocenters. The first kappa shape index (κ1) is 74.4. The van der Waals surface area contributed by atoms with Crippen LogP contribution in [0.25, 0.3) is 0 Å². The van der Waals surface area contributed by atoms with Crippen LogP contribution in [0.2, 0.25) is 0 Å². The summed E-state index contributed by atoms with van der Waals surface area (Å²) < 4.78 is 0. The van der Waals surface area contributed by atoms with Crippen molar-refractivity contribution in [3.63, 3.8) is 0 Å². The topological polar surface area (TPSA) is 0 Å². The molecule has 0 bridgehead atoms. The van der Waals surface area contributed by atoms with Gasteiger partial charge in [-0.2, -0.15) is 0 Å². The normalized spacial score (nSPS) is 18.7. The van der Waals surface area contributed by atoms with Crippen LogP contribution in [0.5, 0.6) is 0 Å². The molecule has 0 aliphatic rings. The predicted octanol–water partition coefficient (Wildman–Crippen LogP) is 34.2. The summed E-state index contributed by atoms with van der Waals surface area (Å²) in [5, 5.41) is 0. The van der Waals surface area contributed by atoms with Crippen LogP contribution in [0.1, 0.15) is 0 Å². The van der Waals surface area contributed by atoms with Gasteiger partial charge in [-0.1, -0.05) is 0 Å². The Morgan fingerprint density at radius 1 is 0.209 bits per heavy atom. The van der Waals surface area contributed by atoms with Crippen molar-refractivity contribution in [2.75, 3.05) is 0 Å². The fraction of sp³-hybridized carbons (Fsp3) is 0. The van der Waals surface area contributed by atoms with Gasteiger partial charge in [0, 0.05) is 0 Å². The van der Waals surface area contributed by atoms with Gasteiger partial charge in [0.15, 0.2) is 0 Å². The second kappa shape index (κ2) is 45.1. The second-order valence-corrected chi connectivity index (χ2v) is 994. The first-order valence-corrected chi connectivity index (χ1v) is 270. The Labute approximate surface area is 546 Å². The Morgan fingerprint density at radius 2 is 0.349 bits per heavy atom. The molecule has 0 aromatic rings. The Bertz CT molecular complexity index is 722. The van der Waals surface area contributed by atoms with Crippen molar-refractivity contribution in [3.05, 3.63) is 0 Å². The van der Waals surface area contributed by atoms with E-state index in [2.05, 4.69) is 410 Å². The van der Waals surface area contributed by atoms with E-state index >= 15 is 0 Å². The molecular weight excluding hydrogens is 5460 g/mol. The Morgan fingerprint density at radius 3 is 0.488 bits per heavy atom. The molecule has 0 spiro atoms. The maximum atomic E-state index is 3.36. The zero-order chi connectivity index (χ0) is 34.3. The van der Waals surface area contributed by atoms with Crippen LogP contribution < -0.4 is 13.3 Å². The first-order valence-electron chi connectivity index (χ1n) is 6.00. The average Bonchev–Trinajstić information content (AvgIpc) is 3.00. The van der Waals surface area contributed by atoms with Crippen molar-refractivity contribution in [1.82, 2.24) is 0 Å². The van der Waals surface area contributed by atoms with E-state index in [1.807, 2.05) is 0 Å². The summed E-state index contributed by atoms with van der Waals surface area (Å²) >= 11 is 71.9. The maximum absolute atomic E-state index is 3.36. The molecule has 0 heterocycles. The first-order chi connectivity index (χ1) is 19.6. The van der Waals surface area contributed by atoms with Crippen LogP contribution in [-0.4, -0.2) is 0 Å². The molecule has 302 valence electrons. The van der Waals surface area contributed by atoms with E-state index in [0.29, 0.717) is 13.3 Å². The zero-order valence-electron chi connectivity index (χ0n) is 16.3. The third kappa shape index (κ3) is 31.3. The molecule has 0 saturated heterocycles. The summed E-state index contributed by atoms with van der Waals surface area (Å²) in [6.45, 7) is 0. The van der Waals surface area contributed by atoms with Gasteiger partial charge in [0.25, 0.3) is 0 Å². The van der Waals surface area contributed by atoms with E-state index in [1.165, 1.54) is 0 Å². The number of hydrogen-bond donors (Lipinski definition) is 0. The molecule has 0 fully saturated rings. The number of rotatable bonds is 20. The van der Waals surface area contributed by atoms with E-state index in [9.17, 15) is 0 Å². The van der Waals surface area contributed by atoms with Crippen LogP contribution in [0, 0.1) is 0 Å². The third-order valence-corrected chi connectivity index (χ3v) is 3220. The van der Waals surface area contributed by atoms with Crippen LogP contribution in [-0.2, 0) is 0 Å². The molecule has 0 radical (unpaired) electrons. The van der Waals surface area contributed by atoms with E-state index in [1.54, 1.807) is 0 Å². The predicted molar refractivity (Wildman–Crippen MR) is 589 cm³/mol. The molecule has 0 rings (SSSR count). The summed E-state index contributed by atoms with van der Waals surface area (Å²) in [6, 6.07) is 0. The van der Waals surface area contributed by atoms with Crippen molar-refractivity contribution >= 4 is 567 Å². The van der Waals surface area contributed by atoms with Gasteiger partial charge in [0.2, 0.25) is 0 Å². The summed E-state index contributed by atoms with van der Waals surface area (Å²) in [6.07, 6.45) is 0. The van der Waals surface area contributed by atoms with Gasteiger partial charge in [-0.3, -0.25) is 0 Å². The fourth-order valence-corrected chi connectivity index (χ4v) is 7750. The molecular formula is I43-. The molecule has 0 atom stereocenters. The van der Waals surface area contributed by atoms with Gasteiger partial charge < -0.3 is 0 Å². The third-order valence-electron chi connectivity index (χ3n) is 1.59. The number of hydrogen-bond acceptors (Lipinski definition) is 0. The molecule has 0 saturated carbocycles. The Balaban J connectivity index is 5.45. The summed E-state index contributed by atoms with van der Waals surface area (Å²) in [5.41, 5.74) is 0. The fourth-order valence-electron chi connectivity index (χ4n) is 0.571. The molecule has 0 amide bonds. The molecule has 0 aliphatic carbocycles. The molecule has 0 aliphatic heterocycles. The van der Waals surface area contributed by atoms with Gasteiger partial charge in [-0.15, -0.1) is 0 Å². The van der Waals surface area contributed by atoms with Gasteiger partial charge in [0.1, 0.15) is 0 Å². The summed E-state index contributed by atoms with van der Waals surface area (Å²) in [4.78, 5) is 0. The summed E-state index contributed by atoms with van der Waals surface area (Å²) in [5.74, 6) is 0. The van der Waals surface area contributed by atoms with Crippen molar-refractivity contribution in [2.24, 2.45) is 0 Å². The van der Waals surface area contributed by atoms with E-state index in [-0.39, 0.29) is 7.89 Å². The number of halogens is 43. The molecule has 43 heteroatoms. The standard InChI is InChI=1S/I43/c1-23-25(4)27(6)29(8)31(10)33(12)35(14)37(16)39(18)41(20)43(22)42(21)40(19)38(17)36(15)34(13)32(11)30(9)28(7)26(5)24(2)3/q-1. The van der Waals surface area contributed by atoms with Gasteiger partial charge in [-0.25, -0.2) is 0 Å². The Hall–Kier alpha value is 31.4. The quantitative estimate of drug-likeness (QED) is 0.107. The van der Waals surface area contributed by atoms with Crippen molar-refractivity contribution in [3.8, 4) is 0 Å². The van der Waals surface area contributed by atoms with E-state index in [4.69, 9.17) is 0 Å². The van der Waals surface area contributed by atoms with E-state index < -0.39 is 150 Å².